The van der Waals surface area contributed by atoms with Crippen LogP contribution in [0.15, 0.2) is 36.8 Å². The Hall–Kier alpha value is -2.21. The maximum Gasteiger partial charge on any atom is 0.227 e. The van der Waals surface area contributed by atoms with Crippen LogP contribution in [-0.4, -0.2) is 33.3 Å². The van der Waals surface area contributed by atoms with Gasteiger partial charge < -0.3 is 10.6 Å². The van der Waals surface area contributed by atoms with E-state index in [0.717, 1.165) is 32.4 Å². The highest BCUT2D eigenvalue weighted by atomic mass is 16.1. The fourth-order valence-electron chi connectivity index (χ4n) is 2.69. The standard InChI is InChI=1S/C16H21N5O/c22-16(12-14-2-1-7-18-14)19-15-6-11-21(20-15)10-5-13-3-8-17-9-4-13/h3-4,6,8-9,11,14,18H,1-2,5,7,10,12H2,(H,19,20,22). The van der Waals surface area contributed by atoms with Crippen molar-refractivity contribution in [2.75, 3.05) is 11.9 Å². The molecule has 0 saturated carbocycles. The van der Waals surface area contributed by atoms with Crippen LogP contribution in [-0.2, 0) is 17.8 Å². The highest BCUT2D eigenvalue weighted by molar-refractivity contribution is 5.90. The first-order valence-electron chi connectivity index (χ1n) is 7.75. The normalized spacial score (nSPS) is 17.5. The lowest BCUT2D eigenvalue weighted by Crippen LogP contribution is -2.27. The number of hydrogen-bond donors (Lipinski definition) is 2. The highest BCUT2D eigenvalue weighted by Crippen LogP contribution is 2.11. The first kappa shape index (κ1) is 14.7. The molecule has 0 radical (unpaired) electrons. The van der Waals surface area contributed by atoms with Gasteiger partial charge >= 0.3 is 0 Å². The van der Waals surface area contributed by atoms with Crippen molar-refractivity contribution in [3.63, 3.8) is 0 Å². The van der Waals surface area contributed by atoms with E-state index in [1.54, 1.807) is 12.4 Å². The van der Waals surface area contributed by atoms with Gasteiger partial charge in [-0.25, -0.2) is 0 Å². The quantitative estimate of drug-likeness (QED) is 0.850. The molecule has 0 spiro atoms. The average molecular weight is 299 g/mol. The topological polar surface area (TPSA) is 71.8 Å². The van der Waals surface area contributed by atoms with Crippen LogP contribution in [0.2, 0.25) is 0 Å². The van der Waals surface area contributed by atoms with Crippen LogP contribution in [0.4, 0.5) is 5.82 Å². The minimum absolute atomic E-state index is 0.0267. The van der Waals surface area contributed by atoms with Crippen molar-refractivity contribution in [3.05, 3.63) is 42.4 Å². The molecule has 2 aromatic rings. The van der Waals surface area contributed by atoms with E-state index in [1.165, 1.54) is 5.56 Å². The van der Waals surface area contributed by atoms with Crippen molar-refractivity contribution in [1.29, 1.82) is 0 Å². The predicted molar refractivity (Wildman–Crippen MR) is 84.4 cm³/mol. The molecule has 1 unspecified atom stereocenters. The maximum absolute atomic E-state index is 11.9. The summed E-state index contributed by atoms with van der Waals surface area (Å²) in [6.45, 7) is 1.80. The number of rotatable bonds is 6. The number of anilines is 1. The first-order valence-corrected chi connectivity index (χ1v) is 7.75. The molecule has 1 atom stereocenters. The van der Waals surface area contributed by atoms with Gasteiger partial charge in [0.05, 0.1) is 0 Å². The van der Waals surface area contributed by atoms with Gasteiger partial charge in [0.25, 0.3) is 0 Å². The van der Waals surface area contributed by atoms with E-state index in [-0.39, 0.29) is 5.91 Å². The summed E-state index contributed by atoms with van der Waals surface area (Å²) >= 11 is 0. The molecule has 116 valence electrons. The fourth-order valence-corrected chi connectivity index (χ4v) is 2.69. The third kappa shape index (κ3) is 4.14. The van der Waals surface area contributed by atoms with Gasteiger partial charge in [-0.05, 0) is 43.5 Å². The Morgan fingerprint density at radius 3 is 3.00 bits per heavy atom. The molecule has 1 amide bonds. The molecular weight excluding hydrogens is 278 g/mol. The molecule has 0 aromatic carbocycles. The lowest BCUT2D eigenvalue weighted by atomic mass is 10.1. The molecule has 6 nitrogen and oxygen atoms in total. The minimum atomic E-state index is 0.0267. The van der Waals surface area contributed by atoms with Crippen LogP contribution >= 0.6 is 0 Å². The summed E-state index contributed by atoms with van der Waals surface area (Å²) in [5.74, 6) is 0.650. The summed E-state index contributed by atoms with van der Waals surface area (Å²) in [6.07, 6.45) is 9.12. The summed E-state index contributed by atoms with van der Waals surface area (Å²) in [6, 6.07) is 6.16. The molecule has 2 N–H and O–H groups in total. The molecule has 3 heterocycles. The molecule has 0 bridgehead atoms. The number of aryl methyl sites for hydroxylation is 2. The molecular formula is C16H21N5O. The largest absolute Gasteiger partial charge is 0.313 e. The zero-order chi connectivity index (χ0) is 15.2. The molecule has 0 aliphatic carbocycles. The number of pyridine rings is 1. The molecule has 1 saturated heterocycles. The Morgan fingerprint density at radius 1 is 1.36 bits per heavy atom. The van der Waals surface area contributed by atoms with Crippen LogP contribution in [0.5, 0.6) is 0 Å². The van der Waals surface area contributed by atoms with E-state index in [1.807, 2.05) is 29.1 Å². The van der Waals surface area contributed by atoms with Crippen molar-refractivity contribution < 1.29 is 4.79 Å². The molecule has 3 rings (SSSR count). The Bertz CT molecular complexity index is 604. The van der Waals surface area contributed by atoms with E-state index in [9.17, 15) is 4.79 Å². The van der Waals surface area contributed by atoms with Crippen LogP contribution in [0.1, 0.15) is 24.8 Å². The van der Waals surface area contributed by atoms with Gasteiger partial charge in [-0.3, -0.25) is 14.5 Å². The van der Waals surface area contributed by atoms with E-state index in [0.29, 0.717) is 18.3 Å². The van der Waals surface area contributed by atoms with Crippen LogP contribution < -0.4 is 10.6 Å². The van der Waals surface area contributed by atoms with Gasteiger partial charge in [0.1, 0.15) is 0 Å². The number of hydrogen-bond acceptors (Lipinski definition) is 4. The van der Waals surface area contributed by atoms with Gasteiger partial charge in [0.2, 0.25) is 5.91 Å². The second-order valence-electron chi connectivity index (χ2n) is 5.62. The summed E-state index contributed by atoms with van der Waals surface area (Å²) < 4.78 is 1.85. The molecule has 1 aliphatic heterocycles. The van der Waals surface area contributed by atoms with Crippen molar-refractivity contribution in [2.45, 2.75) is 38.3 Å². The molecule has 1 fully saturated rings. The number of nitrogens with one attached hydrogen (secondary N) is 2. The molecule has 22 heavy (non-hydrogen) atoms. The van der Waals surface area contributed by atoms with Crippen LogP contribution in [0, 0.1) is 0 Å². The Balaban J connectivity index is 1.47. The second-order valence-corrected chi connectivity index (χ2v) is 5.62. The fraction of sp³-hybridized carbons (Fsp3) is 0.438. The molecule has 1 aliphatic rings. The average Bonchev–Trinajstić information content (AvgIpc) is 3.18. The lowest BCUT2D eigenvalue weighted by molar-refractivity contribution is -0.116. The smallest absolute Gasteiger partial charge is 0.227 e. The molecule has 2 aromatic heterocycles. The van der Waals surface area contributed by atoms with Gasteiger partial charge in [-0.2, -0.15) is 5.10 Å². The summed E-state index contributed by atoms with van der Waals surface area (Å²) in [7, 11) is 0. The number of carbonyl (C=O) groups is 1. The van der Waals surface area contributed by atoms with E-state index in [2.05, 4.69) is 20.7 Å². The summed E-state index contributed by atoms with van der Waals surface area (Å²) in [5, 5.41) is 10.6. The second kappa shape index (κ2) is 7.17. The highest BCUT2D eigenvalue weighted by Gasteiger charge is 2.17. The third-order valence-corrected chi connectivity index (χ3v) is 3.88. The van der Waals surface area contributed by atoms with Gasteiger partial charge in [-0.15, -0.1) is 0 Å². The monoisotopic (exact) mass is 299 g/mol. The first-order chi connectivity index (χ1) is 10.8. The van der Waals surface area contributed by atoms with Gasteiger partial charge in [0, 0.05) is 43.7 Å². The van der Waals surface area contributed by atoms with Crippen molar-refractivity contribution in [3.8, 4) is 0 Å². The number of nitrogens with zero attached hydrogens (tertiary/aromatic N) is 3. The third-order valence-electron chi connectivity index (χ3n) is 3.88. The Kier molecular flexibility index (Phi) is 4.80. The summed E-state index contributed by atoms with van der Waals surface area (Å²) in [4.78, 5) is 16.0. The Labute approximate surface area is 129 Å². The minimum Gasteiger partial charge on any atom is -0.313 e. The van der Waals surface area contributed by atoms with Gasteiger partial charge in [-0.1, -0.05) is 0 Å². The number of aromatic nitrogens is 3. The zero-order valence-electron chi connectivity index (χ0n) is 12.5. The van der Waals surface area contributed by atoms with E-state index >= 15 is 0 Å². The number of carbonyl (C=O) groups excluding carboxylic acids is 1. The predicted octanol–water partition coefficient (Wildman–Crippen LogP) is 1.60. The Morgan fingerprint density at radius 2 is 2.23 bits per heavy atom. The van der Waals surface area contributed by atoms with Gasteiger partial charge in [0.15, 0.2) is 5.82 Å². The van der Waals surface area contributed by atoms with Crippen LogP contribution in [0.25, 0.3) is 0 Å². The van der Waals surface area contributed by atoms with Crippen molar-refractivity contribution in [2.24, 2.45) is 0 Å². The maximum atomic E-state index is 11.9. The van der Waals surface area contributed by atoms with Crippen LogP contribution in [0.3, 0.4) is 0 Å². The van der Waals surface area contributed by atoms with Crippen molar-refractivity contribution >= 4 is 11.7 Å². The van der Waals surface area contributed by atoms with Crippen molar-refractivity contribution in [1.82, 2.24) is 20.1 Å². The van der Waals surface area contributed by atoms with E-state index in [4.69, 9.17) is 0 Å². The SMILES string of the molecule is O=C(CC1CCCN1)Nc1ccn(CCc2ccncc2)n1. The molecule has 6 heteroatoms. The van der Waals surface area contributed by atoms with E-state index < -0.39 is 0 Å². The lowest BCUT2D eigenvalue weighted by Gasteiger charge is -2.08. The summed E-state index contributed by atoms with van der Waals surface area (Å²) in [5.41, 5.74) is 1.23. The number of amides is 1. The zero-order valence-corrected chi connectivity index (χ0v) is 12.5.